The largest absolute Gasteiger partial charge is 0.383 e. The zero-order valence-electron chi connectivity index (χ0n) is 19.3. The quantitative estimate of drug-likeness (QED) is 0.445. The Hall–Kier alpha value is -2.23. The summed E-state index contributed by atoms with van der Waals surface area (Å²) in [5.74, 6) is 0.236. The van der Waals surface area contributed by atoms with Gasteiger partial charge in [-0.1, -0.05) is 74.6 Å². The van der Waals surface area contributed by atoms with Crippen molar-refractivity contribution in [3.8, 4) is 0 Å². The van der Waals surface area contributed by atoms with Gasteiger partial charge in [-0.05, 0) is 57.4 Å². The van der Waals surface area contributed by atoms with Gasteiger partial charge in [0.1, 0.15) is 5.60 Å². The predicted molar refractivity (Wildman–Crippen MR) is 125 cm³/mol. The third-order valence-corrected chi connectivity index (χ3v) is 6.23. The number of allylic oxidation sites excluding steroid dienone is 11. The molecule has 3 heteroatoms. The van der Waals surface area contributed by atoms with E-state index in [-0.39, 0.29) is 29.3 Å². The molecule has 3 nitrogen and oxygen atoms in total. The first-order valence-electron chi connectivity index (χ1n) is 10.6. The molecule has 2 aliphatic rings. The molecule has 0 fully saturated rings. The van der Waals surface area contributed by atoms with E-state index in [2.05, 4.69) is 19.1 Å². The molecule has 1 aliphatic heterocycles. The Kier molecular flexibility index (Phi) is 7.79. The van der Waals surface area contributed by atoms with Crippen molar-refractivity contribution >= 4 is 5.78 Å². The fourth-order valence-electron chi connectivity index (χ4n) is 3.93. The monoisotopic (exact) mass is 408 g/mol. The lowest BCUT2D eigenvalue weighted by Gasteiger charge is -2.37. The van der Waals surface area contributed by atoms with Crippen LogP contribution in [0.5, 0.6) is 0 Å². The molecule has 0 radical (unpaired) electrons. The Morgan fingerprint density at radius 1 is 1.00 bits per heavy atom. The fourth-order valence-corrected chi connectivity index (χ4v) is 3.93. The molecule has 1 heterocycles. The van der Waals surface area contributed by atoms with Gasteiger partial charge in [-0.2, -0.15) is 0 Å². The van der Waals surface area contributed by atoms with Crippen molar-refractivity contribution in [2.45, 2.75) is 66.3 Å². The molecule has 0 spiro atoms. The molecule has 0 amide bonds. The standard InChI is InChI=1S/C27H36O3/c1-19(25-21(3)18-27(7,29)23(5)30-25)15-13-11-9-8-10-12-14-16-26(6)17-20(2)24(28)22(26)4/h8-18,22-23,25,29H,1-7H3/t22-,23+,25-,26+,27+/m0/s1. The molecule has 0 aromatic rings. The Morgan fingerprint density at radius 2 is 1.57 bits per heavy atom. The lowest BCUT2D eigenvalue weighted by molar-refractivity contribution is -0.119. The molecule has 1 N–H and O–H groups in total. The molecule has 0 unspecified atom stereocenters. The molecule has 0 aromatic carbocycles. The third-order valence-electron chi connectivity index (χ3n) is 6.23. The van der Waals surface area contributed by atoms with Crippen LogP contribution in [0, 0.1) is 11.3 Å². The zero-order chi connectivity index (χ0) is 22.5. The summed E-state index contributed by atoms with van der Waals surface area (Å²) in [6.45, 7) is 13.7. The topological polar surface area (TPSA) is 46.5 Å². The van der Waals surface area contributed by atoms with Gasteiger partial charge in [-0.3, -0.25) is 4.79 Å². The first-order valence-corrected chi connectivity index (χ1v) is 10.6. The smallest absolute Gasteiger partial charge is 0.162 e. The van der Waals surface area contributed by atoms with Crippen molar-refractivity contribution < 1.29 is 14.6 Å². The number of aliphatic hydroxyl groups is 1. The minimum Gasteiger partial charge on any atom is -0.383 e. The SMILES string of the molecule is CC1=C[C@@](C)(C=CC=CC=CC=CC=C(C)[C@@H]2O[C@H](C)[C@](C)(O)C=C2C)[C@@H](C)C1=O. The molecular formula is C27H36O3. The number of carbonyl (C=O) groups excluding carboxylic acids is 1. The summed E-state index contributed by atoms with van der Waals surface area (Å²) in [5, 5.41) is 10.3. The van der Waals surface area contributed by atoms with Crippen LogP contribution in [0.4, 0.5) is 0 Å². The Morgan fingerprint density at radius 3 is 2.13 bits per heavy atom. The van der Waals surface area contributed by atoms with E-state index in [1.54, 1.807) is 6.92 Å². The molecule has 5 atom stereocenters. The number of hydrogen-bond donors (Lipinski definition) is 1. The summed E-state index contributed by atoms with van der Waals surface area (Å²) in [5.41, 5.74) is 1.87. The maximum atomic E-state index is 12.0. The first kappa shape index (κ1) is 24.0. The normalized spacial score (nSPS) is 35.9. The number of ketones is 1. The van der Waals surface area contributed by atoms with Gasteiger partial charge in [0.05, 0.1) is 12.2 Å². The number of ether oxygens (including phenoxy) is 1. The average Bonchev–Trinajstić information content (AvgIpc) is 2.85. The molecule has 0 saturated carbocycles. The molecule has 1 aliphatic carbocycles. The van der Waals surface area contributed by atoms with Crippen LogP contribution in [-0.4, -0.2) is 28.7 Å². The molecule has 0 aromatic heterocycles. The van der Waals surface area contributed by atoms with Crippen molar-refractivity contribution in [2.75, 3.05) is 0 Å². The highest BCUT2D eigenvalue weighted by Crippen LogP contribution is 2.39. The second kappa shape index (κ2) is 9.72. The Labute approximate surface area is 181 Å². The minimum absolute atomic E-state index is 0.00334. The van der Waals surface area contributed by atoms with Gasteiger partial charge in [0.2, 0.25) is 0 Å². The maximum Gasteiger partial charge on any atom is 0.162 e. The van der Waals surface area contributed by atoms with Crippen LogP contribution in [0.25, 0.3) is 0 Å². The van der Waals surface area contributed by atoms with Crippen LogP contribution in [0.3, 0.4) is 0 Å². The van der Waals surface area contributed by atoms with Crippen LogP contribution in [0.15, 0.2) is 83.6 Å². The van der Waals surface area contributed by atoms with Crippen LogP contribution in [0.1, 0.15) is 48.5 Å². The van der Waals surface area contributed by atoms with Gasteiger partial charge >= 0.3 is 0 Å². The van der Waals surface area contributed by atoms with Crippen molar-refractivity contribution in [1.29, 1.82) is 0 Å². The van der Waals surface area contributed by atoms with Crippen molar-refractivity contribution in [2.24, 2.45) is 11.3 Å². The Balaban J connectivity index is 1.88. The van der Waals surface area contributed by atoms with E-state index >= 15 is 0 Å². The second-order valence-corrected chi connectivity index (χ2v) is 8.98. The van der Waals surface area contributed by atoms with E-state index in [1.165, 1.54) is 0 Å². The van der Waals surface area contributed by atoms with Crippen molar-refractivity contribution in [1.82, 2.24) is 0 Å². The van der Waals surface area contributed by atoms with Crippen LogP contribution in [0.2, 0.25) is 0 Å². The summed E-state index contributed by atoms with van der Waals surface area (Å²) in [7, 11) is 0. The number of rotatable bonds is 6. The summed E-state index contributed by atoms with van der Waals surface area (Å²) in [4.78, 5) is 12.0. The molecule has 0 bridgehead atoms. The van der Waals surface area contributed by atoms with E-state index in [0.29, 0.717) is 0 Å². The minimum atomic E-state index is -0.919. The highest BCUT2D eigenvalue weighted by Gasteiger charge is 2.38. The lowest BCUT2D eigenvalue weighted by atomic mass is 9.80. The number of carbonyl (C=O) groups is 1. The van der Waals surface area contributed by atoms with Gasteiger partial charge in [0.15, 0.2) is 5.78 Å². The highest BCUT2D eigenvalue weighted by atomic mass is 16.5. The summed E-state index contributed by atoms with van der Waals surface area (Å²) < 4.78 is 5.99. The van der Waals surface area contributed by atoms with E-state index in [4.69, 9.17) is 4.74 Å². The Bertz CT molecular complexity index is 861. The van der Waals surface area contributed by atoms with Crippen molar-refractivity contribution in [3.63, 3.8) is 0 Å². The van der Waals surface area contributed by atoms with E-state index < -0.39 is 5.60 Å². The summed E-state index contributed by atoms with van der Waals surface area (Å²) >= 11 is 0. The fraction of sp³-hybridized carbons (Fsp3) is 0.444. The van der Waals surface area contributed by atoms with Crippen LogP contribution in [-0.2, 0) is 9.53 Å². The summed E-state index contributed by atoms with van der Waals surface area (Å²) in [6, 6.07) is 0. The van der Waals surface area contributed by atoms with Gasteiger partial charge in [0, 0.05) is 11.3 Å². The highest BCUT2D eigenvalue weighted by molar-refractivity contribution is 6.00. The predicted octanol–water partition coefficient (Wildman–Crippen LogP) is 5.81. The number of Topliss-reactive ketones (excluding diaryl/α,β-unsaturated/α-hetero) is 1. The van der Waals surface area contributed by atoms with Gasteiger partial charge < -0.3 is 9.84 Å². The first-order chi connectivity index (χ1) is 14.0. The van der Waals surface area contributed by atoms with E-state index in [1.807, 2.05) is 89.3 Å². The summed E-state index contributed by atoms with van der Waals surface area (Å²) in [6.07, 6.45) is 21.6. The van der Waals surface area contributed by atoms with Gasteiger partial charge in [-0.15, -0.1) is 0 Å². The second-order valence-electron chi connectivity index (χ2n) is 8.98. The van der Waals surface area contributed by atoms with Crippen LogP contribution >= 0.6 is 0 Å². The lowest BCUT2D eigenvalue weighted by Crippen LogP contribution is -2.44. The molecule has 162 valence electrons. The zero-order valence-corrected chi connectivity index (χ0v) is 19.3. The maximum absolute atomic E-state index is 12.0. The van der Waals surface area contributed by atoms with Gasteiger partial charge in [-0.25, -0.2) is 0 Å². The van der Waals surface area contributed by atoms with E-state index in [0.717, 1.165) is 16.7 Å². The molecule has 0 saturated heterocycles. The number of hydrogen-bond acceptors (Lipinski definition) is 3. The molecule has 30 heavy (non-hydrogen) atoms. The van der Waals surface area contributed by atoms with Crippen LogP contribution < -0.4 is 0 Å². The third kappa shape index (κ3) is 5.68. The average molecular weight is 409 g/mol. The molecule has 2 rings (SSSR count). The van der Waals surface area contributed by atoms with E-state index in [9.17, 15) is 9.90 Å². The molecular weight excluding hydrogens is 372 g/mol. The van der Waals surface area contributed by atoms with Crippen molar-refractivity contribution in [3.05, 3.63) is 83.6 Å². The van der Waals surface area contributed by atoms with Gasteiger partial charge in [0.25, 0.3) is 0 Å².